The number of carbonyl (C=O) groups excluding carboxylic acids is 1. The van der Waals surface area contributed by atoms with E-state index in [1.165, 1.54) is 5.56 Å². The largest absolute Gasteiger partial charge is 0.398 e. The molecule has 1 aromatic carbocycles. The minimum absolute atomic E-state index is 0.0134. The van der Waals surface area contributed by atoms with Gasteiger partial charge >= 0.3 is 0 Å². The Hall–Kier alpha value is -1.81. The van der Waals surface area contributed by atoms with Crippen LogP contribution in [0.1, 0.15) is 28.4 Å². The van der Waals surface area contributed by atoms with Gasteiger partial charge in [0.05, 0.1) is 0 Å². The summed E-state index contributed by atoms with van der Waals surface area (Å²) >= 11 is 1.68. The fraction of sp³-hybridized carbons (Fsp3) is 0.312. The third-order valence-corrected chi connectivity index (χ3v) is 4.35. The Morgan fingerprint density at radius 3 is 2.75 bits per heavy atom. The van der Waals surface area contributed by atoms with E-state index in [0.717, 1.165) is 12.0 Å². The van der Waals surface area contributed by atoms with Gasteiger partial charge in [-0.05, 0) is 60.4 Å². The topological polar surface area (TPSA) is 46.3 Å². The van der Waals surface area contributed by atoms with Gasteiger partial charge in [-0.2, -0.15) is 11.3 Å². The van der Waals surface area contributed by atoms with Crippen LogP contribution in [0.2, 0.25) is 0 Å². The van der Waals surface area contributed by atoms with E-state index in [1.54, 1.807) is 22.3 Å². The van der Waals surface area contributed by atoms with Gasteiger partial charge in [0.1, 0.15) is 0 Å². The summed E-state index contributed by atoms with van der Waals surface area (Å²) in [5.41, 5.74) is 9.45. The first-order valence-electron chi connectivity index (χ1n) is 6.63. The van der Waals surface area contributed by atoms with Gasteiger partial charge in [-0.15, -0.1) is 0 Å². The van der Waals surface area contributed by atoms with Crippen LogP contribution in [-0.2, 0) is 6.42 Å². The van der Waals surface area contributed by atoms with Gasteiger partial charge < -0.3 is 10.6 Å². The van der Waals surface area contributed by atoms with Crippen molar-refractivity contribution in [1.29, 1.82) is 0 Å². The standard InChI is InChI=1S/C16H20N2OS/c1-11-4-5-14(9-15(11)17)16(19)18(3)12(2)8-13-6-7-20-10-13/h4-7,9-10,12H,8,17H2,1-3H3/t12-/m0/s1. The van der Waals surface area contributed by atoms with Crippen molar-refractivity contribution in [2.24, 2.45) is 0 Å². The average Bonchev–Trinajstić information content (AvgIpc) is 2.93. The van der Waals surface area contributed by atoms with E-state index >= 15 is 0 Å². The first-order chi connectivity index (χ1) is 9.49. The second-order valence-corrected chi connectivity index (χ2v) is 5.95. The van der Waals surface area contributed by atoms with Crippen molar-refractivity contribution < 1.29 is 4.79 Å². The Morgan fingerprint density at radius 2 is 2.15 bits per heavy atom. The lowest BCUT2D eigenvalue weighted by molar-refractivity contribution is 0.0743. The molecule has 2 N–H and O–H groups in total. The smallest absolute Gasteiger partial charge is 0.253 e. The van der Waals surface area contributed by atoms with Gasteiger partial charge in [-0.25, -0.2) is 0 Å². The van der Waals surface area contributed by atoms with Gasteiger partial charge in [-0.1, -0.05) is 6.07 Å². The molecule has 1 amide bonds. The molecule has 1 atom stereocenters. The molecule has 0 saturated carbocycles. The molecule has 1 aromatic heterocycles. The van der Waals surface area contributed by atoms with Crippen molar-refractivity contribution in [2.45, 2.75) is 26.3 Å². The van der Waals surface area contributed by atoms with Crippen LogP contribution in [0.5, 0.6) is 0 Å². The number of amides is 1. The van der Waals surface area contributed by atoms with Crippen LogP contribution in [0.3, 0.4) is 0 Å². The molecule has 3 nitrogen and oxygen atoms in total. The highest BCUT2D eigenvalue weighted by molar-refractivity contribution is 7.07. The van der Waals surface area contributed by atoms with Crippen LogP contribution < -0.4 is 5.73 Å². The van der Waals surface area contributed by atoms with Crippen LogP contribution in [-0.4, -0.2) is 23.9 Å². The molecule has 106 valence electrons. The summed E-state index contributed by atoms with van der Waals surface area (Å²) in [6, 6.07) is 7.73. The van der Waals surface area contributed by atoms with E-state index in [1.807, 2.05) is 26.1 Å². The number of nitrogen functional groups attached to an aromatic ring is 1. The monoisotopic (exact) mass is 288 g/mol. The SMILES string of the molecule is Cc1ccc(C(=O)N(C)[C@@H](C)Cc2ccsc2)cc1N. The van der Waals surface area contributed by atoms with Crippen LogP contribution in [0.15, 0.2) is 35.0 Å². The van der Waals surface area contributed by atoms with E-state index in [4.69, 9.17) is 5.73 Å². The molecule has 0 fully saturated rings. The second-order valence-electron chi connectivity index (χ2n) is 5.17. The Kier molecular flexibility index (Phi) is 4.45. The molecule has 0 radical (unpaired) electrons. The normalized spacial score (nSPS) is 12.2. The van der Waals surface area contributed by atoms with E-state index in [0.29, 0.717) is 11.3 Å². The summed E-state index contributed by atoms with van der Waals surface area (Å²) in [5, 5.41) is 4.18. The number of benzene rings is 1. The highest BCUT2D eigenvalue weighted by Crippen LogP contribution is 2.17. The minimum atomic E-state index is 0.0134. The number of hydrogen-bond acceptors (Lipinski definition) is 3. The third-order valence-electron chi connectivity index (χ3n) is 3.62. The summed E-state index contributed by atoms with van der Waals surface area (Å²) in [6.45, 7) is 4.00. The van der Waals surface area contributed by atoms with Gasteiger partial charge in [-0.3, -0.25) is 4.79 Å². The fourth-order valence-electron chi connectivity index (χ4n) is 2.06. The highest BCUT2D eigenvalue weighted by atomic mass is 32.1. The molecular formula is C16H20N2OS. The first kappa shape index (κ1) is 14.6. The van der Waals surface area contributed by atoms with Crippen molar-refractivity contribution in [1.82, 2.24) is 4.90 Å². The van der Waals surface area contributed by atoms with Crippen LogP contribution in [0.25, 0.3) is 0 Å². The maximum atomic E-state index is 12.5. The zero-order valence-corrected chi connectivity index (χ0v) is 12.9. The minimum Gasteiger partial charge on any atom is -0.398 e. The van der Waals surface area contributed by atoms with Gasteiger partial charge in [0, 0.05) is 24.3 Å². The number of carbonyl (C=O) groups is 1. The number of nitrogens with zero attached hydrogens (tertiary/aromatic N) is 1. The lowest BCUT2D eigenvalue weighted by atomic mass is 10.1. The van der Waals surface area contributed by atoms with E-state index in [2.05, 4.69) is 23.8 Å². The van der Waals surface area contributed by atoms with Crippen LogP contribution >= 0.6 is 11.3 Å². The molecule has 0 spiro atoms. The Balaban J connectivity index is 2.09. The third kappa shape index (κ3) is 3.20. The number of nitrogens with two attached hydrogens (primary N) is 1. The predicted octanol–water partition coefficient (Wildman–Crippen LogP) is 3.34. The zero-order valence-electron chi connectivity index (χ0n) is 12.1. The Bertz CT molecular complexity index is 593. The van der Waals surface area contributed by atoms with E-state index in [-0.39, 0.29) is 11.9 Å². The van der Waals surface area contributed by atoms with Gasteiger partial charge in [0.15, 0.2) is 0 Å². The number of anilines is 1. The molecule has 0 unspecified atom stereocenters. The summed E-state index contributed by atoms with van der Waals surface area (Å²) in [7, 11) is 1.84. The number of hydrogen-bond donors (Lipinski definition) is 1. The Labute approximate surface area is 124 Å². The van der Waals surface area contributed by atoms with Gasteiger partial charge in [0.25, 0.3) is 5.91 Å². The van der Waals surface area contributed by atoms with Crippen molar-refractivity contribution in [2.75, 3.05) is 12.8 Å². The predicted molar refractivity (Wildman–Crippen MR) is 85.2 cm³/mol. The van der Waals surface area contributed by atoms with Crippen LogP contribution in [0.4, 0.5) is 5.69 Å². The fourth-order valence-corrected chi connectivity index (χ4v) is 2.75. The van der Waals surface area contributed by atoms with E-state index in [9.17, 15) is 4.79 Å². The average molecular weight is 288 g/mol. The summed E-state index contributed by atoms with van der Waals surface area (Å²) < 4.78 is 0. The number of rotatable bonds is 4. The number of thiophene rings is 1. The summed E-state index contributed by atoms with van der Waals surface area (Å²) in [4.78, 5) is 14.2. The Morgan fingerprint density at radius 1 is 1.40 bits per heavy atom. The molecule has 20 heavy (non-hydrogen) atoms. The van der Waals surface area contributed by atoms with E-state index < -0.39 is 0 Å². The lowest BCUT2D eigenvalue weighted by Crippen LogP contribution is -2.36. The maximum absolute atomic E-state index is 12.5. The number of likely N-dealkylation sites (N-methyl/N-ethyl adjacent to an activating group) is 1. The molecule has 0 aliphatic rings. The molecule has 0 aliphatic heterocycles. The molecule has 0 aliphatic carbocycles. The maximum Gasteiger partial charge on any atom is 0.253 e. The quantitative estimate of drug-likeness (QED) is 0.877. The molecule has 2 aromatic rings. The van der Waals surface area contributed by atoms with Crippen molar-refractivity contribution in [3.8, 4) is 0 Å². The van der Waals surface area contributed by atoms with Crippen molar-refractivity contribution in [3.05, 3.63) is 51.7 Å². The molecular weight excluding hydrogens is 268 g/mol. The van der Waals surface area contributed by atoms with Gasteiger partial charge in [0.2, 0.25) is 0 Å². The number of aryl methyl sites for hydroxylation is 1. The molecule has 1 heterocycles. The molecule has 2 rings (SSSR count). The molecule has 0 bridgehead atoms. The van der Waals surface area contributed by atoms with Crippen molar-refractivity contribution >= 4 is 22.9 Å². The summed E-state index contributed by atoms with van der Waals surface area (Å²) in [5.74, 6) is 0.0134. The first-order valence-corrected chi connectivity index (χ1v) is 7.57. The molecule has 4 heteroatoms. The summed E-state index contributed by atoms with van der Waals surface area (Å²) in [6.07, 6.45) is 0.868. The second kappa shape index (κ2) is 6.09. The lowest BCUT2D eigenvalue weighted by Gasteiger charge is -2.25. The van der Waals surface area contributed by atoms with Crippen LogP contribution in [0, 0.1) is 6.92 Å². The highest BCUT2D eigenvalue weighted by Gasteiger charge is 2.18. The zero-order chi connectivity index (χ0) is 14.7. The molecule has 0 saturated heterocycles. The van der Waals surface area contributed by atoms with Crippen molar-refractivity contribution in [3.63, 3.8) is 0 Å².